The summed E-state index contributed by atoms with van der Waals surface area (Å²) in [5, 5.41) is 0. The Morgan fingerprint density at radius 1 is 1.00 bits per heavy atom. The molecule has 0 aliphatic rings. The van der Waals surface area contributed by atoms with Gasteiger partial charge < -0.3 is 9.47 Å². The van der Waals surface area contributed by atoms with E-state index in [0.29, 0.717) is 34.9 Å². The van der Waals surface area contributed by atoms with E-state index in [1.807, 2.05) is 13.8 Å². The highest BCUT2D eigenvalue weighted by Crippen LogP contribution is 2.31. The van der Waals surface area contributed by atoms with Gasteiger partial charge in [-0.15, -0.1) is 0 Å². The number of hydrogen-bond acceptors (Lipinski definition) is 4. The van der Waals surface area contributed by atoms with Crippen molar-refractivity contribution in [3.8, 4) is 11.5 Å². The van der Waals surface area contributed by atoms with E-state index in [1.165, 1.54) is 6.07 Å². The SMILES string of the molecule is CCOc1ccc(NS(=O)(=O)c2cccc(Br)c2)cc1OCC. The smallest absolute Gasteiger partial charge is 0.261 e. The van der Waals surface area contributed by atoms with E-state index in [1.54, 1.807) is 36.4 Å². The summed E-state index contributed by atoms with van der Waals surface area (Å²) >= 11 is 3.27. The summed E-state index contributed by atoms with van der Waals surface area (Å²) in [5.41, 5.74) is 0.414. The van der Waals surface area contributed by atoms with Crippen molar-refractivity contribution in [3.63, 3.8) is 0 Å². The fourth-order valence-corrected chi connectivity index (χ4v) is 3.61. The van der Waals surface area contributed by atoms with Gasteiger partial charge >= 0.3 is 0 Å². The zero-order valence-electron chi connectivity index (χ0n) is 12.9. The lowest BCUT2D eigenvalue weighted by molar-refractivity contribution is 0.288. The molecule has 2 rings (SSSR count). The molecule has 0 heterocycles. The highest BCUT2D eigenvalue weighted by molar-refractivity contribution is 9.10. The first kappa shape index (κ1) is 17.6. The fraction of sp³-hybridized carbons (Fsp3) is 0.250. The molecule has 0 fully saturated rings. The second-order valence-corrected chi connectivity index (χ2v) is 7.19. The molecule has 0 amide bonds. The lowest BCUT2D eigenvalue weighted by Gasteiger charge is -2.14. The van der Waals surface area contributed by atoms with Crippen LogP contribution in [0.1, 0.15) is 13.8 Å². The van der Waals surface area contributed by atoms with Crippen LogP contribution < -0.4 is 14.2 Å². The van der Waals surface area contributed by atoms with Crippen LogP contribution in [0.3, 0.4) is 0 Å². The fourth-order valence-electron chi connectivity index (χ4n) is 1.96. The maximum Gasteiger partial charge on any atom is 0.261 e. The van der Waals surface area contributed by atoms with Crippen LogP contribution in [0.25, 0.3) is 0 Å². The van der Waals surface area contributed by atoms with Crippen molar-refractivity contribution < 1.29 is 17.9 Å². The maximum atomic E-state index is 12.4. The summed E-state index contributed by atoms with van der Waals surface area (Å²) in [6, 6.07) is 11.5. The Labute approximate surface area is 144 Å². The van der Waals surface area contributed by atoms with Crippen molar-refractivity contribution in [2.45, 2.75) is 18.7 Å². The molecule has 0 spiro atoms. The average molecular weight is 400 g/mol. The molecule has 0 radical (unpaired) electrons. The maximum absolute atomic E-state index is 12.4. The van der Waals surface area contributed by atoms with Gasteiger partial charge in [-0.2, -0.15) is 0 Å². The minimum Gasteiger partial charge on any atom is -0.490 e. The summed E-state index contributed by atoms with van der Waals surface area (Å²) < 4.78 is 39.1. The molecule has 0 bridgehead atoms. The van der Waals surface area contributed by atoms with Crippen molar-refractivity contribution in [2.75, 3.05) is 17.9 Å². The molecule has 0 saturated carbocycles. The molecule has 2 aromatic rings. The molecule has 0 aliphatic carbocycles. The first-order valence-corrected chi connectivity index (χ1v) is 9.42. The van der Waals surface area contributed by atoms with Crippen LogP contribution in [-0.2, 0) is 10.0 Å². The standard InChI is InChI=1S/C16H18BrNO4S/c1-3-21-15-9-8-13(11-16(15)22-4-2)18-23(19,20)14-7-5-6-12(17)10-14/h5-11,18H,3-4H2,1-2H3. The summed E-state index contributed by atoms with van der Waals surface area (Å²) in [6.07, 6.45) is 0. The lowest BCUT2D eigenvalue weighted by atomic mass is 10.3. The minimum absolute atomic E-state index is 0.179. The number of nitrogens with one attached hydrogen (secondary N) is 1. The average Bonchev–Trinajstić information content (AvgIpc) is 2.50. The van der Waals surface area contributed by atoms with Crippen LogP contribution in [0.5, 0.6) is 11.5 Å². The van der Waals surface area contributed by atoms with E-state index in [0.717, 1.165) is 0 Å². The second-order valence-electron chi connectivity index (χ2n) is 4.59. The summed E-state index contributed by atoms with van der Waals surface area (Å²) in [7, 11) is -3.67. The van der Waals surface area contributed by atoms with Gasteiger partial charge in [0.25, 0.3) is 10.0 Å². The van der Waals surface area contributed by atoms with Crippen molar-refractivity contribution in [1.29, 1.82) is 0 Å². The van der Waals surface area contributed by atoms with Gasteiger partial charge in [0.1, 0.15) is 0 Å². The van der Waals surface area contributed by atoms with Crippen molar-refractivity contribution in [2.24, 2.45) is 0 Å². The van der Waals surface area contributed by atoms with Gasteiger partial charge in [-0.05, 0) is 44.2 Å². The lowest BCUT2D eigenvalue weighted by Crippen LogP contribution is -2.13. The van der Waals surface area contributed by atoms with Gasteiger partial charge in [0.2, 0.25) is 0 Å². The van der Waals surface area contributed by atoms with Gasteiger partial charge in [0, 0.05) is 10.5 Å². The predicted octanol–water partition coefficient (Wildman–Crippen LogP) is 4.05. The Kier molecular flexibility index (Phi) is 5.90. The van der Waals surface area contributed by atoms with Crippen LogP contribution in [0.4, 0.5) is 5.69 Å². The third kappa shape index (κ3) is 4.62. The highest BCUT2D eigenvalue weighted by atomic mass is 79.9. The molecule has 23 heavy (non-hydrogen) atoms. The highest BCUT2D eigenvalue weighted by Gasteiger charge is 2.16. The van der Waals surface area contributed by atoms with E-state index in [-0.39, 0.29) is 4.90 Å². The van der Waals surface area contributed by atoms with Crippen molar-refractivity contribution in [3.05, 3.63) is 46.9 Å². The quantitative estimate of drug-likeness (QED) is 0.762. The molecular formula is C16H18BrNO4S. The number of anilines is 1. The van der Waals surface area contributed by atoms with E-state index < -0.39 is 10.0 Å². The molecule has 0 saturated heterocycles. The normalized spacial score (nSPS) is 11.1. The molecule has 0 atom stereocenters. The zero-order chi connectivity index (χ0) is 16.9. The van der Waals surface area contributed by atoms with E-state index in [2.05, 4.69) is 20.7 Å². The first-order valence-electron chi connectivity index (χ1n) is 7.14. The molecule has 7 heteroatoms. The summed E-state index contributed by atoms with van der Waals surface area (Å²) in [6.45, 7) is 4.69. The Hall–Kier alpha value is -1.73. The van der Waals surface area contributed by atoms with Crippen molar-refractivity contribution >= 4 is 31.6 Å². The Morgan fingerprint density at radius 2 is 1.70 bits per heavy atom. The van der Waals surface area contributed by atoms with Crippen LogP contribution in [-0.4, -0.2) is 21.6 Å². The molecular weight excluding hydrogens is 382 g/mol. The van der Waals surface area contributed by atoms with Gasteiger partial charge in [-0.3, -0.25) is 4.72 Å². The van der Waals surface area contributed by atoms with Crippen molar-refractivity contribution in [1.82, 2.24) is 0 Å². The van der Waals surface area contributed by atoms with Gasteiger partial charge in [-0.25, -0.2) is 8.42 Å². The minimum atomic E-state index is -3.67. The second kappa shape index (κ2) is 7.70. The Morgan fingerprint density at radius 3 is 2.35 bits per heavy atom. The molecule has 2 aromatic carbocycles. The van der Waals surface area contributed by atoms with E-state index in [4.69, 9.17) is 9.47 Å². The van der Waals surface area contributed by atoms with Gasteiger partial charge in [0.05, 0.1) is 23.8 Å². The number of rotatable bonds is 7. The first-order chi connectivity index (χ1) is 11.0. The Bertz CT molecular complexity index is 777. The topological polar surface area (TPSA) is 64.6 Å². The third-order valence-corrected chi connectivity index (χ3v) is 4.77. The predicted molar refractivity (Wildman–Crippen MR) is 93.7 cm³/mol. The van der Waals surface area contributed by atoms with E-state index in [9.17, 15) is 8.42 Å². The number of ether oxygens (including phenoxy) is 2. The van der Waals surface area contributed by atoms with Crippen LogP contribution in [0.2, 0.25) is 0 Å². The largest absolute Gasteiger partial charge is 0.490 e. The Balaban J connectivity index is 2.30. The number of hydrogen-bond donors (Lipinski definition) is 1. The number of halogens is 1. The zero-order valence-corrected chi connectivity index (χ0v) is 15.3. The molecule has 1 N–H and O–H groups in total. The monoisotopic (exact) mass is 399 g/mol. The number of sulfonamides is 1. The van der Waals surface area contributed by atoms with Crippen LogP contribution in [0, 0.1) is 0 Å². The van der Waals surface area contributed by atoms with E-state index >= 15 is 0 Å². The molecule has 124 valence electrons. The van der Waals surface area contributed by atoms with Crippen LogP contribution >= 0.6 is 15.9 Å². The molecule has 5 nitrogen and oxygen atoms in total. The molecule has 0 unspecified atom stereocenters. The summed E-state index contributed by atoms with van der Waals surface area (Å²) in [5.74, 6) is 1.09. The van der Waals surface area contributed by atoms with Gasteiger partial charge in [-0.1, -0.05) is 22.0 Å². The summed E-state index contributed by atoms with van der Waals surface area (Å²) in [4.78, 5) is 0.179. The number of benzene rings is 2. The third-order valence-electron chi connectivity index (χ3n) is 2.90. The molecule has 0 aliphatic heterocycles. The van der Waals surface area contributed by atoms with Crippen LogP contribution in [0.15, 0.2) is 51.8 Å². The molecule has 0 aromatic heterocycles. The van der Waals surface area contributed by atoms with Gasteiger partial charge in [0.15, 0.2) is 11.5 Å².